The number of ether oxygens (including phenoxy) is 1. The van der Waals surface area contributed by atoms with Crippen molar-refractivity contribution in [1.29, 1.82) is 0 Å². The molecule has 108 valence electrons. The minimum atomic E-state index is -0.0757. The van der Waals surface area contributed by atoms with Gasteiger partial charge in [-0.2, -0.15) is 0 Å². The van der Waals surface area contributed by atoms with E-state index in [9.17, 15) is 0 Å². The summed E-state index contributed by atoms with van der Waals surface area (Å²) in [6.45, 7) is 14.2. The molecule has 0 atom stereocenters. The molecular formula is C14H25N3OS. The Labute approximate surface area is 120 Å². The number of aromatic nitrogens is 1. The number of rotatable bonds is 3. The van der Waals surface area contributed by atoms with Gasteiger partial charge in [0, 0.05) is 30.6 Å². The van der Waals surface area contributed by atoms with Gasteiger partial charge in [0.1, 0.15) is 0 Å². The van der Waals surface area contributed by atoms with Gasteiger partial charge < -0.3 is 15.0 Å². The summed E-state index contributed by atoms with van der Waals surface area (Å²) >= 11 is 1.73. The Bertz CT molecular complexity index is 423. The quantitative estimate of drug-likeness (QED) is 0.925. The van der Waals surface area contributed by atoms with Crippen molar-refractivity contribution in [3.05, 3.63) is 11.1 Å². The second-order valence-corrected chi connectivity index (χ2v) is 7.59. The lowest BCUT2D eigenvalue weighted by atomic mass is 10.1. The van der Waals surface area contributed by atoms with Gasteiger partial charge in [-0.15, -0.1) is 11.3 Å². The lowest BCUT2D eigenvalue weighted by molar-refractivity contribution is -0.0277. The maximum atomic E-state index is 5.74. The van der Waals surface area contributed by atoms with Crippen molar-refractivity contribution < 1.29 is 4.74 Å². The fraction of sp³-hybridized carbons (Fsp3) is 0.786. The SMILES string of the molecule is CC(C)(C)NCc1csc(N2CCOC(C)(C)C2)n1. The molecule has 0 bridgehead atoms. The highest BCUT2D eigenvalue weighted by Crippen LogP contribution is 2.26. The summed E-state index contributed by atoms with van der Waals surface area (Å²) in [5.74, 6) is 0. The third kappa shape index (κ3) is 4.44. The van der Waals surface area contributed by atoms with Gasteiger partial charge in [-0.05, 0) is 34.6 Å². The van der Waals surface area contributed by atoms with Gasteiger partial charge in [0.25, 0.3) is 0 Å². The highest BCUT2D eigenvalue weighted by atomic mass is 32.1. The zero-order valence-corrected chi connectivity index (χ0v) is 13.4. The smallest absolute Gasteiger partial charge is 0.185 e. The monoisotopic (exact) mass is 283 g/mol. The van der Waals surface area contributed by atoms with E-state index in [0.29, 0.717) is 0 Å². The molecule has 0 amide bonds. The number of anilines is 1. The molecule has 19 heavy (non-hydrogen) atoms. The van der Waals surface area contributed by atoms with E-state index in [2.05, 4.69) is 50.2 Å². The van der Waals surface area contributed by atoms with Crippen molar-refractivity contribution in [2.45, 2.75) is 52.3 Å². The van der Waals surface area contributed by atoms with E-state index in [0.717, 1.165) is 37.1 Å². The van der Waals surface area contributed by atoms with Crippen LogP contribution in [0.25, 0.3) is 0 Å². The summed E-state index contributed by atoms with van der Waals surface area (Å²) in [4.78, 5) is 7.06. The molecule has 1 aliphatic rings. The van der Waals surface area contributed by atoms with Crippen LogP contribution in [0.1, 0.15) is 40.3 Å². The minimum Gasteiger partial charge on any atom is -0.372 e. The van der Waals surface area contributed by atoms with Crippen molar-refractivity contribution in [2.75, 3.05) is 24.6 Å². The molecule has 2 heterocycles. The van der Waals surface area contributed by atoms with Crippen molar-refractivity contribution in [3.63, 3.8) is 0 Å². The van der Waals surface area contributed by atoms with Gasteiger partial charge in [-0.25, -0.2) is 4.98 Å². The first kappa shape index (κ1) is 14.8. The Morgan fingerprint density at radius 2 is 2.21 bits per heavy atom. The normalized spacial score (nSPS) is 19.7. The number of nitrogens with zero attached hydrogens (tertiary/aromatic N) is 2. The Balaban J connectivity index is 1.97. The molecule has 1 aromatic rings. The molecule has 1 aliphatic heterocycles. The van der Waals surface area contributed by atoms with E-state index in [1.807, 2.05) is 0 Å². The van der Waals surface area contributed by atoms with Crippen LogP contribution < -0.4 is 10.2 Å². The largest absolute Gasteiger partial charge is 0.372 e. The standard InChI is InChI=1S/C14H25N3OS/c1-13(2,3)15-8-11-9-19-12(16-11)17-6-7-18-14(4,5)10-17/h9,15H,6-8,10H2,1-5H3. The van der Waals surface area contributed by atoms with E-state index >= 15 is 0 Å². The zero-order valence-electron chi connectivity index (χ0n) is 12.6. The van der Waals surface area contributed by atoms with Crippen molar-refractivity contribution >= 4 is 16.5 Å². The third-order valence-corrected chi connectivity index (χ3v) is 3.99. The molecule has 0 aromatic carbocycles. The molecule has 0 radical (unpaired) electrons. The maximum absolute atomic E-state index is 5.74. The van der Waals surface area contributed by atoms with Crippen LogP contribution in [0.2, 0.25) is 0 Å². The van der Waals surface area contributed by atoms with Crippen LogP contribution in [0.5, 0.6) is 0 Å². The summed E-state index contributed by atoms with van der Waals surface area (Å²) in [5, 5.41) is 6.73. The number of hydrogen-bond acceptors (Lipinski definition) is 5. The average molecular weight is 283 g/mol. The number of nitrogens with one attached hydrogen (secondary N) is 1. The predicted molar refractivity (Wildman–Crippen MR) is 81.0 cm³/mol. The lowest BCUT2D eigenvalue weighted by Gasteiger charge is -2.38. The molecular weight excluding hydrogens is 258 g/mol. The van der Waals surface area contributed by atoms with Crippen molar-refractivity contribution in [3.8, 4) is 0 Å². The van der Waals surface area contributed by atoms with Crippen molar-refractivity contribution in [1.82, 2.24) is 10.3 Å². The molecule has 1 fully saturated rings. The lowest BCUT2D eigenvalue weighted by Crippen LogP contribution is -2.48. The molecule has 1 saturated heterocycles. The molecule has 4 nitrogen and oxygen atoms in total. The summed E-state index contributed by atoms with van der Waals surface area (Å²) in [6, 6.07) is 0. The van der Waals surface area contributed by atoms with Crippen LogP contribution in [-0.4, -0.2) is 35.8 Å². The van der Waals surface area contributed by atoms with Crippen LogP contribution in [-0.2, 0) is 11.3 Å². The van der Waals surface area contributed by atoms with E-state index < -0.39 is 0 Å². The molecule has 0 unspecified atom stereocenters. The van der Waals surface area contributed by atoms with E-state index in [-0.39, 0.29) is 11.1 Å². The van der Waals surface area contributed by atoms with Gasteiger partial charge in [0.05, 0.1) is 17.9 Å². The summed E-state index contributed by atoms with van der Waals surface area (Å²) < 4.78 is 5.74. The Morgan fingerprint density at radius 1 is 1.47 bits per heavy atom. The highest BCUT2D eigenvalue weighted by molar-refractivity contribution is 7.13. The van der Waals surface area contributed by atoms with Crippen LogP contribution >= 0.6 is 11.3 Å². The molecule has 1 N–H and O–H groups in total. The molecule has 5 heteroatoms. The van der Waals surface area contributed by atoms with Gasteiger partial charge in [-0.3, -0.25) is 0 Å². The number of morpholine rings is 1. The summed E-state index contributed by atoms with van der Waals surface area (Å²) in [6.07, 6.45) is 0. The second-order valence-electron chi connectivity index (χ2n) is 6.75. The number of hydrogen-bond donors (Lipinski definition) is 1. The van der Waals surface area contributed by atoms with Crippen LogP contribution in [0, 0.1) is 0 Å². The van der Waals surface area contributed by atoms with Crippen LogP contribution in [0.4, 0.5) is 5.13 Å². The highest BCUT2D eigenvalue weighted by Gasteiger charge is 2.28. The fourth-order valence-electron chi connectivity index (χ4n) is 2.06. The third-order valence-electron chi connectivity index (χ3n) is 3.04. The topological polar surface area (TPSA) is 37.4 Å². The average Bonchev–Trinajstić information content (AvgIpc) is 2.72. The zero-order chi connectivity index (χ0) is 14.1. The fourth-order valence-corrected chi connectivity index (χ4v) is 2.91. The van der Waals surface area contributed by atoms with Crippen molar-refractivity contribution in [2.24, 2.45) is 0 Å². The predicted octanol–water partition coefficient (Wildman–Crippen LogP) is 2.65. The first-order chi connectivity index (χ1) is 8.75. The first-order valence-electron chi connectivity index (χ1n) is 6.84. The van der Waals surface area contributed by atoms with E-state index in [1.54, 1.807) is 11.3 Å². The van der Waals surface area contributed by atoms with Gasteiger partial charge in [0.2, 0.25) is 0 Å². The van der Waals surface area contributed by atoms with Crippen LogP contribution in [0.15, 0.2) is 5.38 Å². The summed E-state index contributed by atoms with van der Waals surface area (Å²) in [7, 11) is 0. The Morgan fingerprint density at radius 3 is 2.84 bits per heavy atom. The molecule has 1 aromatic heterocycles. The van der Waals surface area contributed by atoms with Crippen LogP contribution in [0.3, 0.4) is 0 Å². The molecule has 2 rings (SSSR count). The van der Waals surface area contributed by atoms with Gasteiger partial charge in [0.15, 0.2) is 5.13 Å². The maximum Gasteiger partial charge on any atom is 0.185 e. The minimum absolute atomic E-state index is 0.0757. The molecule has 0 saturated carbocycles. The van der Waals surface area contributed by atoms with E-state index in [1.165, 1.54) is 0 Å². The van der Waals surface area contributed by atoms with Gasteiger partial charge in [-0.1, -0.05) is 0 Å². The first-order valence-corrected chi connectivity index (χ1v) is 7.71. The molecule has 0 spiro atoms. The Kier molecular flexibility index (Phi) is 4.18. The van der Waals surface area contributed by atoms with Gasteiger partial charge >= 0.3 is 0 Å². The summed E-state index contributed by atoms with van der Waals surface area (Å²) in [5.41, 5.74) is 1.18. The molecule has 0 aliphatic carbocycles. The Hall–Kier alpha value is -0.650. The number of thiazole rings is 1. The second kappa shape index (κ2) is 5.38. The van der Waals surface area contributed by atoms with E-state index in [4.69, 9.17) is 9.72 Å².